The van der Waals surface area contributed by atoms with Crippen LogP contribution in [0.3, 0.4) is 0 Å². The molecule has 0 aliphatic rings. The summed E-state index contributed by atoms with van der Waals surface area (Å²) in [5.41, 5.74) is 16.9. The zero-order valence-electron chi connectivity index (χ0n) is 23.7. The Morgan fingerprint density at radius 2 is 1.17 bits per heavy atom. The Labute approximate surface area is 246 Å². The minimum atomic E-state index is -0.328. The molecule has 0 N–H and O–H groups in total. The van der Waals surface area contributed by atoms with Crippen molar-refractivity contribution in [1.29, 1.82) is 0 Å². The highest BCUT2D eigenvalue weighted by atomic mass is 16.6. The van der Waals surface area contributed by atoms with Gasteiger partial charge in [0.2, 0.25) is 0 Å². The van der Waals surface area contributed by atoms with Crippen LogP contribution in [0.25, 0.3) is 32.8 Å². The van der Waals surface area contributed by atoms with Crippen molar-refractivity contribution in [2.45, 2.75) is 33.0 Å². The zero-order valence-corrected chi connectivity index (χ0v) is 23.7. The van der Waals surface area contributed by atoms with Crippen LogP contribution < -0.4 is 0 Å². The van der Waals surface area contributed by atoms with Crippen LogP contribution in [0, 0.1) is 6.92 Å². The average molecular weight is 559 g/mol. The summed E-state index contributed by atoms with van der Waals surface area (Å²) in [6, 6.07) is 40.1. The number of nitrogens with zero attached hydrogens (tertiary/aromatic N) is 4. The number of azide groups is 1. The molecular formula is C35H34N4O3. The summed E-state index contributed by atoms with van der Waals surface area (Å²) in [5.74, 6) is 0. The fourth-order valence-corrected chi connectivity index (χ4v) is 4.95. The predicted molar refractivity (Wildman–Crippen MR) is 166 cm³/mol. The molecule has 0 atom stereocenters. The molecule has 0 amide bonds. The molecule has 1 heterocycles. The second-order valence-corrected chi connectivity index (χ2v) is 9.93. The zero-order chi connectivity index (χ0) is 29.0. The van der Waals surface area contributed by atoms with E-state index in [-0.39, 0.29) is 12.8 Å². The molecule has 5 aromatic rings. The highest BCUT2D eigenvalue weighted by Crippen LogP contribution is 2.44. The van der Waals surface area contributed by atoms with Crippen LogP contribution in [0.15, 0.2) is 126 Å². The molecule has 0 aliphatic carbocycles. The van der Waals surface area contributed by atoms with Gasteiger partial charge in [-0.2, -0.15) is 0 Å². The molecule has 5 rings (SSSR count). The molecule has 42 heavy (non-hydrogen) atoms. The van der Waals surface area contributed by atoms with Gasteiger partial charge in [0.25, 0.3) is 0 Å². The van der Waals surface area contributed by atoms with Gasteiger partial charge in [-0.3, -0.25) is 0 Å². The van der Waals surface area contributed by atoms with Gasteiger partial charge in [-0.1, -0.05) is 126 Å². The lowest BCUT2D eigenvalue weighted by Gasteiger charge is -2.21. The Bertz CT molecular complexity index is 1540. The maximum Gasteiger partial charge on any atom is 0.123 e. The third-order valence-electron chi connectivity index (χ3n) is 7.02. The number of hydrogen-bond acceptors (Lipinski definition) is 4. The highest BCUT2D eigenvalue weighted by Gasteiger charge is 2.23. The second-order valence-electron chi connectivity index (χ2n) is 9.93. The van der Waals surface area contributed by atoms with Crippen molar-refractivity contribution in [3.63, 3.8) is 0 Å². The SMILES string of the molecule is Cc1c(-c2ccccc2)c(N=[N+]=[N-])c(-c2ccccc2)n1COC(COCc1ccccc1)COCc1ccccc1. The number of aromatic nitrogens is 1. The lowest BCUT2D eigenvalue weighted by Crippen LogP contribution is -2.27. The topological polar surface area (TPSA) is 81.4 Å². The van der Waals surface area contributed by atoms with Crippen LogP contribution in [0.2, 0.25) is 0 Å². The molecule has 1 aromatic heterocycles. The molecule has 4 aromatic carbocycles. The van der Waals surface area contributed by atoms with Crippen LogP contribution in [0.1, 0.15) is 16.8 Å². The number of rotatable bonds is 14. The largest absolute Gasteiger partial charge is 0.374 e. The molecule has 7 heteroatoms. The van der Waals surface area contributed by atoms with Gasteiger partial charge in [-0.15, -0.1) is 0 Å². The fourth-order valence-electron chi connectivity index (χ4n) is 4.95. The summed E-state index contributed by atoms with van der Waals surface area (Å²) in [4.78, 5) is 3.20. The van der Waals surface area contributed by atoms with Crippen molar-refractivity contribution < 1.29 is 14.2 Å². The van der Waals surface area contributed by atoms with E-state index >= 15 is 0 Å². The van der Waals surface area contributed by atoms with E-state index in [9.17, 15) is 5.53 Å². The van der Waals surface area contributed by atoms with Crippen molar-refractivity contribution in [1.82, 2.24) is 4.57 Å². The number of hydrogen-bond donors (Lipinski definition) is 0. The number of ether oxygens (including phenoxy) is 3. The van der Waals surface area contributed by atoms with Gasteiger partial charge in [0.1, 0.15) is 12.8 Å². The molecule has 212 valence electrons. The number of benzene rings is 4. The molecule has 0 radical (unpaired) electrons. The van der Waals surface area contributed by atoms with Gasteiger partial charge >= 0.3 is 0 Å². The van der Waals surface area contributed by atoms with E-state index in [0.717, 1.165) is 39.2 Å². The monoisotopic (exact) mass is 558 g/mol. The van der Waals surface area contributed by atoms with E-state index in [1.165, 1.54) is 0 Å². The van der Waals surface area contributed by atoms with Gasteiger partial charge in [0.05, 0.1) is 37.8 Å². The normalized spacial score (nSPS) is 11.0. The van der Waals surface area contributed by atoms with Crippen LogP contribution in [-0.4, -0.2) is 23.9 Å². The Balaban J connectivity index is 1.41. The first-order valence-corrected chi connectivity index (χ1v) is 14.0. The predicted octanol–water partition coefficient (Wildman–Crippen LogP) is 8.85. The van der Waals surface area contributed by atoms with Gasteiger partial charge in [0.15, 0.2) is 0 Å². The van der Waals surface area contributed by atoms with Crippen LogP contribution in [0.5, 0.6) is 0 Å². The lowest BCUT2D eigenvalue weighted by atomic mass is 10.0. The molecule has 0 spiro atoms. The average Bonchev–Trinajstić information content (AvgIpc) is 3.32. The van der Waals surface area contributed by atoms with E-state index in [2.05, 4.69) is 14.6 Å². The Morgan fingerprint density at radius 3 is 1.67 bits per heavy atom. The maximum absolute atomic E-state index is 9.55. The third-order valence-corrected chi connectivity index (χ3v) is 7.02. The minimum Gasteiger partial charge on any atom is -0.374 e. The Kier molecular flexibility index (Phi) is 10.2. The van der Waals surface area contributed by atoms with Crippen LogP contribution in [0.4, 0.5) is 5.69 Å². The van der Waals surface area contributed by atoms with Gasteiger partial charge in [-0.25, -0.2) is 0 Å². The quantitative estimate of drug-likeness (QED) is 0.0775. The minimum absolute atomic E-state index is 0.227. The molecule has 0 saturated heterocycles. The summed E-state index contributed by atoms with van der Waals surface area (Å²) < 4.78 is 20.7. The summed E-state index contributed by atoms with van der Waals surface area (Å²) in [6.45, 7) is 3.94. The lowest BCUT2D eigenvalue weighted by molar-refractivity contribution is -0.0872. The molecule has 0 aliphatic heterocycles. The van der Waals surface area contributed by atoms with Gasteiger partial charge in [-0.05, 0) is 34.7 Å². The van der Waals surface area contributed by atoms with Crippen LogP contribution in [-0.2, 0) is 34.2 Å². The highest BCUT2D eigenvalue weighted by molar-refractivity contribution is 5.90. The molecule has 0 fully saturated rings. The Morgan fingerprint density at radius 1 is 0.690 bits per heavy atom. The first-order chi connectivity index (χ1) is 20.7. The molecule has 0 bridgehead atoms. The van der Waals surface area contributed by atoms with Crippen molar-refractivity contribution in [2.75, 3.05) is 13.2 Å². The summed E-state index contributed by atoms with van der Waals surface area (Å²) in [6.07, 6.45) is -0.328. The first kappa shape index (κ1) is 28.9. The van der Waals surface area contributed by atoms with E-state index in [4.69, 9.17) is 14.2 Å². The van der Waals surface area contributed by atoms with Crippen molar-refractivity contribution in [3.8, 4) is 22.4 Å². The first-order valence-electron chi connectivity index (χ1n) is 14.0. The summed E-state index contributed by atoms with van der Waals surface area (Å²) in [5, 5.41) is 4.19. The van der Waals surface area contributed by atoms with E-state index in [1.807, 2.05) is 128 Å². The third kappa shape index (κ3) is 7.35. The fraction of sp³-hybridized carbons (Fsp3) is 0.200. The van der Waals surface area contributed by atoms with Crippen LogP contribution >= 0.6 is 0 Å². The maximum atomic E-state index is 9.55. The molecule has 0 saturated carbocycles. The van der Waals surface area contributed by atoms with Crippen molar-refractivity contribution >= 4 is 5.69 Å². The van der Waals surface area contributed by atoms with Gasteiger partial charge in [0, 0.05) is 16.2 Å². The summed E-state index contributed by atoms with van der Waals surface area (Å²) >= 11 is 0. The molecule has 7 nitrogen and oxygen atoms in total. The Hall–Kier alpha value is -4.65. The second kappa shape index (κ2) is 14.8. The standard InChI is InChI=1S/C35H34N4O3/c1-27-33(30-18-10-4-11-19-30)34(37-38-36)35(31-20-12-5-13-21-31)39(27)26-42-32(24-40-22-28-14-6-2-7-15-28)25-41-23-29-16-8-3-9-17-29/h2-21,32H,22-26H2,1H3. The molecular weight excluding hydrogens is 524 g/mol. The summed E-state index contributed by atoms with van der Waals surface area (Å²) in [7, 11) is 0. The van der Waals surface area contributed by atoms with E-state index in [0.29, 0.717) is 32.1 Å². The van der Waals surface area contributed by atoms with E-state index in [1.54, 1.807) is 0 Å². The van der Waals surface area contributed by atoms with Crippen molar-refractivity contribution in [3.05, 3.63) is 149 Å². The van der Waals surface area contributed by atoms with E-state index < -0.39 is 0 Å². The molecule has 0 unspecified atom stereocenters. The van der Waals surface area contributed by atoms with Gasteiger partial charge < -0.3 is 18.8 Å². The van der Waals surface area contributed by atoms with Crippen molar-refractivity contribution in [2.24, 2.45) is 5.11 Å². The smallest absolute Gasteiger partial charge is 0.123 e.